The quantitative estimate of drug-likeness (QED) is 0.762. The molecule has 0 bridgehead atoms. The van der Waals surface area contributed by atoms with E-state index in [4.69, 9.17) is 11.0 Å². The predicted molar refractivity (Wildman–Crippen MR) is 91.6 cm³/mol. The van der Waals surface area contributed by atoms with Crippen LogP contribution in [0.5, 0.6) is 0 Å². The number of benzene rings is 1. The first-order chi connectivity index (χ1) is 11.6. The zero-order valence-corrected chi connectivity index (χ0v) is 13.3. The van der Waals surface area contributed by atoms with Gasteiger partial charge in [-0.15, -0.1) is 11.3 Å². The largest absolute Gasteiger partial charge is 0.365 e. The standard InChI is InChI=1S/C17H12N4O2S/c18-8-11-9-24-17(15(11)16(19)23)21-14(22)7-10-3-1-5-13-12(10)4-2-6-20-13/h1-6,9H,7H2,(H2,19,23)(H,21,22). The van der Waals surface area contributed by atoms with Gasteiger partial charge in [-0.05, 0) is 17.7 Å². The fourth-order valence-corrected chi connectivity index (χ4v) is 3.35. The molecule has 0 saturated carbocycles. The number of carbonyl (C=O) groups excluding carboxylic acids is 2. The molecule has 0 radical (unpaired) electrons. The average molecular weight is 336 g/mol. The van der Waals surface area contributed by atoms with Crippen LogP contribution in [0.4, 0.5) is 5.00 Å². The molecule has 3 N–H and O–H groups in total. The lowest BCUT2D eigenvalue weighted by Gasteiger charge is -2.07. The second-order valence-corrected chi connectivity index (χ2v) is 5.92. The number of nitrogens with one attached hydrogen (secondary N) is 1. The summed E-state index contributed by atoms with van der Waals surface area (Å²) in [6.45, 7) is 0. The average Bonchev–Trinajstić information content (AvgIpc) is 2.98. The molecule has 118 valence electrons. The third-order valence-corrected chi connectivity index (χ3v) is 4.39. The van der Waals surface area contributed by atoms with E-state index in [9.17, 15) is 9.59 Å². The van der Waals surface area contributed by atoms with Crippen molar-refractivity contribution in [3.05, 3.63) is 58.6 Å². The smallest absolute Gasteiger partial charge is 0.253 e. The normalized spacial score (nSPS) is 10.3. The minimum atomic E-state index is -0.738. The molecule has 0 atom stereocenters. The van der Waals surface area contributed by atoms with Crippen LogP contribution in [0.2, 0.25) is 0 Å². The van der Waals surface area contributed by atoms with Crippen LogP contribution < -0.4 is 11.1 Å². The maximum Gasteiger partial charge on any atom is 0.253 e. The van der Waals surface area contributed by atoms with Crippen molar-refractivity contribution >= 4 is 39.1 Å². The highest BCUT2D eigenvalue weighted by molar-refractivity contribution is 7.15. The third-order valence-electron chi connectivity index (χ3n) is 3.50. The summed E-state index contributed by atoms with van der Waals surface area (Å²) in [7, 11) is 0. The van der Waals surface area contributed by atoms with Gasteiger partial charge in [-0.2, -0.15) is 5.26 Å². The Bertz CT molecular complexity index is 982. The number of nitriles is 1. The topological polar surface area (TPSA) is 109 Å². The van der Waals surface area contributed by atoms with Crippen molar-refractivity contribution in [1.29, 1.82) is 5.26 Å². The Kier molecular flexibility index (Phi) is 4.22. The van der Waals surface area contributed by atoms with Crippen molar-refractivity contribution in [2.75, 3.05) is 5.32 Å². The van der Waals surface area contributed by atoms with E-state index in [0.717, 1.165) is 27.8 Å². The van der Waals surface area contributed by atoms with Crippen LogP contribution in [0.25, 0.3) is 10.9 Å². The Morgan fingerprint density at radius 2 is 2.12 bits per heavy atom. The van der Waals surface area contributed by atoms with Gasteiger partial charge in [0.05, 0.1) is 23.1 Å². The number of carbonyl (C=O) groups is 2. The van der Waals surface area contributed by atoms with Crippen LogP contribution in [0.1, 0.15) is 21.5 Å². The van der Waals surface area contributed by atoms with Gasteiger partial charge in [0.2, 0.25) is 5.91 Å². The van der Waals surface area contributed by atoms with Crippen molar-refractivity contribution < 1.29 is 9.59 Å². The summed E-state index contributed by atoms with van der Waals surface area (Å²) in [5.74, 6) is -1.03. The maximum atomic E-state index is 12.3. The highest BCUT2D eigenvalue weighted by Crippen LogP contribution is 2.27. The molecule has 3 aromatic rings. The van der Waals surface area contributed by atoms with Crippen molar-refractivity contribution in [2.45, 2.75) is 6.42 Å². The number of amides is 2. The molecule has 6 nitrogen and oxygen atoms in total. The van der Waals surface area contributed by atoms with E-state index in [1.165, 1.54) is 5.38 Å². The zero-order chi connectivity index (χ0) is 17.1. The molecule has 0 aliphatic carbocycles. The van der Waals surface area contributed by atoms with Gasteiger partial charge in [-0.3, -0.25) is 14.6 Å². The summed E-state index contributed by atoms with van der Waals surface area (Å²) in [5, 5.41) is 14.4. The van der Waals surface area contributed by atoms with Gasteiger partial charge in [-0.1, -0.05) is 18.2 Å². The fraction of sp³-hybridized carbons (Fsp3) is 0.0588. The van der Waals surface area contributed by atoms with Gasteiger partial charge in [0.25, 0.3) is 5.91 Å². The first-order valence-corrected chi connectivity index (χ1v) is 7.92. The van der Waals surface area contributed by atoms with E-state index < -0.39 is 5.91 Å². The fourth-order valence-electron chi connectivity index (χ4n) is 2.44. The van der Waals surface area contributed by atoms with E-state index in [1.807, 2.05) is 36.4 Å². The van der Waals surface area contributed by atoms with Gasteiger partial charge in [0.15, 0.2) is 0 Å². The minimum Gasteiger partial charge on any atom is -0.365 e. The molecule has 2 amide bonds. The second-order valence-electron chi connectivity index (χ2n) is 5.04. The van der Waals surface area contributed by atoms with E-state index in [2.05, 4.69) is 10.3 Å². The maximum absolute atomic E-state index is 12.3. The minimum absolute atomic E-state index is 0.0513. The Morgan fingerprint density at radius 3 is 2.88 bits per heavy atom. The SMILES string of the molecule is N#Cc1csc(NC(=O)Cc2cccc3ncccc23)c1C(N)=O. The Labute approximate surface area is 141 Å². The summed E-state index contributed by atoms with van der Waals surface area (Å²) >= 11 is 1.10. The third kappa shape index (κ3) is 2.95. The molecule has 7 heteroatoms. The number of hydrogen-bond acceptors (Lipinski definition) is 5. The van der Waals surface area contributed by atoms with E-state index in [0.29, 0.717) is 5.00 Å². The van der Waals surface area contributed by atoms with Crippen LogP contribution in [0, 0.1) is 11.3 Å². The van der Waals surface area contributed by atoms with Crippen molar-refractivity contribution in [3.63, 3.8) is 0 Å². The van der Waals surface area contributed by atoms with E-state index in [-0.39, 0.29) is 23.5 Å². The number of primary amides is 1. The van der Waals surface area contributed by atoms with Crippen LogP contribution in [-0.4, -0.2) is 16.8 Å². The van der Waals surface area contributed by atoms with Crippen molar-refractivity contribution in [3.8, 4) is 6.07 Å². The van der Waals surface area contributed by atoms with Crippen LogP contribution in [0.3, 0.4) is 0 Å². The molecule has 2 heterocycles. The number of rotatable bonds is 4. The molecule has 2 aromatic heterocycles. The van der Waals surface area contributed by atoms with Gasteiger partial charge >= 0.3 is 0 Å². The number of thiophene rings is 1. The summed E-state index contributed by atoms with van der Waals surface area (Å²) in [6.07, 6.45) is 1.82. The highest BCUT2D eigenvalue weighted by Gasteiger charge is 2.18. The van der Waals surface area contributed by atoms with Gasteiger partial charge in [-0.25, -0.2) is 0 Å². The van der Waals surface area contributed by atoms with Gasteiger partial charge in [0, 0.05) is 17.0 Å². The number of fused-ring (bicyclic) bond motifs is 1. The summed E-state index contributed by atoms with van der Waals surface area (Å²) in [4.78, 5) is 28.1. The number of nitrogens with zero attached hydrogens (tertiary/aromatic N) is 2. The van der Waals surface area contributed by atoms with Crippen LogP contribution in [0.15, 0.2) is 41.9 Å². The Hall–Kier alpha value is -3.24. The number of nitrogens with two attached hydrogens (primary N) is 1. The van der Waals surface area contributed by atoms with Gasteiger partial charge in [0.1, 0.15) is 11.1 Å². The summed E-state index contributed by atoms with van der Waals surface area (Å²) in [6, 6.07) is 11.2. The molecule has 0 unspecified atom stereocenters. The first-order valence-electron chi connectivity index (χ1n) is 7.04. The number of anilines is 1. The molecule has 3 rings (SSSR count). The van der Waals surface area contributed by atoms with Crippen LogP contribution in [-0.2, 0) is 11.2 Å². The number of hydrogen-bond donors (Lipinski definition) is 2. The Morgan fingerprint density at radius 1 is 1.29 bits per heavy atom. The molecule has 0 fully saturated rings. The molecular weight excluding hydrogens is 324 g/mol. The van der Waals surface area contributed by atoms with E-state index in [1.54, 1.807) is 6.20 Å². The summed E-state index contributed by atoms with van der Waals surface area (Å²) in [5.41, 5.74) is 7.15. The molecule has 0 saturated heterocycles. The number of aromatic nitrogens is 1. The molecule has 0 aliphatic heterocycles. The lowest BCUT2D eigenvalue weighted by molar-refractivity contribution is -0.115. The van der Waals surface area contributed by atoms with Crippen molar-refractivity contribution in [1.82, 2.24) is 4.98 Å². The molecule has 1 aromatic carbocycles. The predicted octanol–water partition coefficient (Wildman–Crippen LogP) is 2.45. The lowest BCUT2D eigenvalue weighted by Crippen LogP contribution is -2.18. The highest BCUT2D eigenvalue weighted by atomic mass is 32.1. The Balaban J connectivity index is 1.85. The summed E-state index contributed by atoms with van der Waals surface area (Å²) < 4.78 is 0. The molecule has 24 heavy (non-hydrogen) atoms. The molecular formula is C17H12N4O2S. The second kappa shape index (κ2) is 6.48. The first kappa shape index (κ1) is 15.6. The zero-order valence-electron chi connectivity index (χ0n) is 12.4. The van der Waals surface area contributed by atoms with Crippen molar-refractivity contribution in [2.24, 2.45) is 5.73 Å². The van der Waals surface area contributed by atoms with Crippen LogP contribution >= 0.6 is 11.3 Å². The molecule has 0 aliphatic rings. The van der Waals surface area contributed by atoms with Gasteiger partial charge < -0.3 is 11.1 Å². The molecule has 0 spiro atoms. The number of pyridine rings is 1. The lowest BCUT2D eigenvalue weighted by atomic mass is 10.1. The monoisotopic (exact) mass is 336 g/mol. The van der Waals surface area contributed by atoms with E-state index >= 15 is 0 Å².